The summed E-state index contributed by atoms with van der Waals surface area (Å²) in [6.07, 6.45) is 8.27. The summed E-state index contributed by atoms with van der Waals surface area (Å²) < 4.78 is 2.23. The first-order valence-electron chi connectivity index (χ1n) is 11.1. The highest BCUT2D eigenvalue weighted by Crippen LogP contribution is 2.37. The van der Waals surface area contributed by atoms with Crippen LogP contribution in [0, 0.1) is 5.92 Å². The summed E-state index contributed by atoms with van der Waals surface area (Å²) in [5.41, 5.74) is 2.49. The third kappa shape index (κ3) is 4.01. The number of piperazine rings is 1. The Morgan fingerprint density at radius 2 is 1.87 bits per heavy atom. The van der Waals surface area contributed by atoms with Crippen molar-refractivity contribution in [2.45, 2.75) is 56.7 Å². The van der Waals surface area contributed by atoms with Gasteiger partial charge in [-0.3, -0.25) is 4.79 Å². The number of amides is 1. The van der Waals surface area contributed by atoms with Gasteiger partial charge in [-0.1, -0.05) is 43.2 Å². The van der Waals surface area contributed by atoms with Crippen molar-refractivity contribution in [3.05, 3.63) is 42.4 Å². The first-order chi connectivity index (χ1) is 14.2. The predicted octanol–water partition coefficient (Wildman–Crippen LogP) is 3.27. The summed E-state index contributed by atoms with van der Waals surface area (Å²) in [6, 6.07) is 10.4. The lowest BCUT2D eigenvalue weighted by atomic mass is 10.0. The van der Waals surface area contributed by atoms with Crippen molar-refractivity contribution in [3.63, 3.8) is 0 Å². The van der Waals surface area contributed by atoms with Gasteiger partial charge in [-0.25, -0.2) is 4.98 Å². The maximum atomic E-state index is 13.7. The number of rotatable bonds is 5. The Kier molecular flexibility index (Phi) is 6.46. The maximum absolute atomic E-state index is 13.7. The normalized spacial score (nSPS) is 23.2. The third-order valence-electron chi connectivity index (χ3n) is 6.80. The van der Waals surface area contributed by atoms with Crippen molar-refractivity contribution in [1.82, 2.24) is 19.8 Å². The second kappa shape index (κ2) is 9.08. The first-order valence-corrected chi connectivity index (χ1v) is 11.1. The molecule has 0 spiro atoms. The summed E-state index contributed by atoms with van der Waals surface area (Å²) in [5.74, 6) is 0.284. The molecule has 1 aromatic heterocycles. The molecule has 2 heterocycles. The van der Waals surface area contributed by atoms with E-state index >= 15 is 0 Å². The molecule has 2 saturated carbocycles. The number of halogens is 1. The SMILES string of the molecule is Cl.O=C(c1ncn(C2CCCC2)c1-c1ccccc1)N1CCNC[C@H]1C(O)C1CC1. The van der Waals surface area contributed by atoms with Crippen molar-refractivity contribution in [2.24, 2.45) is 5.92 Å². The number of hydrogen-bond acceptors (Lipinski definition) is 4. The number of carbonyl (C=O) groups is 1. The fourth-order valence-corrected chi connectivity index (χ4v) is 5.03. The molecule has 162 valence electrons. The standard InChI is InChI=1S/C23H30N4O2.ClH/c28-22(17-10-11-17)19-14-24-12-13-26(19)23(29)20-21(16-6-2-1-3-7-16)27(15-25-20)18-8-4-5-9-18;/h1-3,6-7,15,17-19,22,24,28H,4-5,8-14H2;1H/t19-,22?;/m0./s1. The van der Waals surface area contributed by atoms with E-state index in [0.717, 1.165) is 43.5 Å². The van der Waals surface area contributed by atoms with Gasteiger partial charge in [0, 0.05) is 31.2 Å². The minimum absolute atomic E-state index is 0. The number of imidazole rings is 1. The van der Waals surface area contributed by atoms with Crippen LogP contribution in [0.1, 0.15) is 55.1 Å². The van der Waals surface area contributed by atoms with Crippen LogP contribution in [0.25, 0.3) is 11.3 Å². The molecule has 2 atom stereocenters. The Hall–Kier alpha value is -1.89. The van der Waals surface area contributed by atoms with Crippen LogP contribution in [-0.4, -0.2) is 57.2 Å². The molecule has 6 nitrogen and oxygen atoms in total. The predicted molar refractivity (Wildman–Crippen MR) is 119 cm³/mol. The van der Waals surface area contributed by atoms with Crippen LogP contribution in [0.2, 0.25) is 0 Å². The summed E-state index contributed by atoms with van der Waals surface area (Å²) >= 11 is 0. The van der Waals surface area contributed by atoms with Gasteiger partial charge in [0.15, 0.2) is 5.69 Å². The monoisotopic (exact) mass is 430 g/mol. The second-order valence-corrected chi connectivity index (χ2v) is 8.75. The Morgan fingerprint density at radius 3 is 2.57 bits per heavy atom. The molecule has 3 fully saturated rings. The number of aromatic nitrogens is 2. The fourth-order valence-electron chi connectivity index (χ4n) is 5.03. The smallest absolute Gasteiger partial charge is 0.275 e. The molecular weight excluding hydrogens is 400 g/mol. The molecule has 2 aromatic rings. The van der Waals surface area contributed by atoms with E-state index in [0.29, 0.717) is 30.7 Å². The highest BCUT2D eigenvalue weighted by Gasteiger charge is 2.41. The zero-order valence-electron chi connectivity index (χ0n) is 17.2. The van der Waals surface area contributed by atoms with E-state index in [2.05, 4.69) is 27.0 Å². The minimum Gasteiger partial charge on any atom is -0.391 e. The fraction of sp³-hybridized carbons (Fsp3) is 0.565. The zero-order valence-corrected chi connectivity index (χ0v) is 18.1. The molecule has 1 amide bonds. The van der Waals surface area contributed by atoms with Crippen molar-refractivity contribution in [3.8, 4) is 11.3 Å². The van der Waals surface area contributed by atoms with E-state index in [4.69, 9.17) is 0 Å². The molecule has 1 aliphatic heterocycles. The van der Waals surface area contributed by atoms with Crippen LogP contribution < -0.4 is 5.32 Å². The first kappa shape index (κ1) is 21.3. The van der Waals surface area contributed by atoms with E-state index in [1.165, 1.54) is 12.8 Å². The molecule has 2 aliphatic carbocycles. The van der Waals surface area contributed by atoms with Gasteiger partial charge in [0.2, 0.25) is 0 Å². The molecule has 5 rings (SSSR count). The zero-order chi connectivity index (χ0) is 19.8. The lowest BCUT2D eigenvalue weighted by Gasteiger charge is -2.39. The summed E-state index contributed by atoms with van der Waals surface area (Å²) in [4.78, 5) is 20.2. The highest BCUT2D eigenvalue weighted by atomic mass is 35.5. The van der Waals surface area contributed by atoms with Crippen molar-refractivity contribution in [1.29, 1.82) is 0 Å². The number of aliphatic hydroxyl groups excluding tert-OH is 1. The third-order valence-corrected chi connectivity index (χ3v) is 6.80. The van der Waals surface area contributed by atoms with Gasteiger partial charge in [-0.05, 0) is 31.6 Å². The molecule has 30 heavy (non-hydrogen) atoms. The van der Waals surface area contributed by atoms with Crippen molar-refractivity contribution >= 4 is 18.3 Å². The number of aliphatic hydroxyl groups is 1. The number of nitrogens with one attached hydrogen (secondary N) is 1. The largest absolute Gasteiger partial charge is 0.391 e. The summed E-state index contributed by atoms with van der Waals surface area (Å²) in [5, 5.41) is 14.1. The van der Waals surface area contributed by atoms with Gasteiger partial charge in [0.1, 0.15) is 0 Å². The average molecular weight is 431 g/mol. The van der Waals surface area contributed by atoms with Crippen LogP contribution in [0.4, 0.5) is 0 Å². The van der Waals surface area contributed by atoms with Gasteiger partial charge in [0.25, 0.3) is 5.91 Å². The van der Waals surface area contributed by atoms with Crippen LogP contribution in [0.15, 0.2) is 36.7 Å². The molecular formula is C23H31ClN4O2. The van der Waals surface area contributed by atoms with E-state index in [1.807, 2.05) is 29.4 Å². The molecule has 1 aromatic carbocycles. The van der Waals surface area contributed by atoms with E-state index in [1.54, 1.807) is 0 Å². The Labute approximate surface area is 184 Å². The molecule has 3 aliphatic rings. The van der Waals surface area contributed by atoms with Gasteiger partial charge < -0.3 is 19.9 Å². The van der Waals surface area contributed by atoms with Crippen molar-refractivity contribution < 1.29 is 9.90 Å². The number of hydrogen-bond donors (Lipinski definition) is 2. The summed E-state index contributed by atoms with van der Waals surface area (Å²) in [7, 11) is 0. The Morgan fingerprint density at radius 1 is 1.13 bits per heavy atom. The van der Waals surface area contributed by atoms with Crippen LogP contribution in [0.3, 0.4) is 0 Å². The Bertz CT molecular complexity index is 861. The van der Waals surface area contributed by atoms with E-state index < -0.39 is 6.10 Å². The molecule has 1 saturated heterocycles. The maximum Gasteiger partial charge on any atom is 0.275 e. The number of nitrogens with zero attached hydrogens (tertiary/aromatic N) is 3. The van der Waals surface area contributed by atoms with E-state index in [-0.39, 0.29) is 24.4 Å². The molecule has 0 bridgehead atoms. The van der Waals surface area contributed by atoms with Gasteiger partial charge >= 0.3 is 0 Å². The van der Waals surface area contributed by atoms with Gasteiger partial charge in [0.05, 0.1) is 24.2 Å². The number of carbonyl (C=O) groups excluding carboxylic acids is 1. The number of benzene rings is 1. The second-order valence-electron chi connectivity index (χ2n) is 8.75. The van der Waals surface area contributed by atoms with Gasteiger partial charge in [-0.2, -0.15) is 0 Å². The van der Waals surface area contributed by atoms with Crippen LogP contribution in [0.5, 0.6) is 0 Å². The molecule has 7 heteroatoms. The molecule has 2 N–H and O–H groups in total. The molecule has 1 unspecified atom stereocenters. The minimum atomic E-state index is -0.455. The lowest BCUT2D eigenvalue weighted by molar-refractivity contribution is 0.0188. The highest BCUT2D eigenvalue weighted by molar-refractivity contribution is 5.98. The van der Waals surface area contributed by atoms with Crippen LogP contribution >= 0.6 is 12.4 Å². The topological polar surface area (TPSA) is 70.4 Å². The average Bonchev–Trinajstić information content (AvgIpc) is 3.30. The Balaban J connectivity index is 0.00000218. The van der Waals surface area contributed by atoms with Crippen LogP contribution in [-0.2, 0) is 0 Å². The summed E-state index contributed by atoms with van der Waals surface area (Å²) in [6.45, 7) is 2.01. The van der Waals surface area contributed by atoms with E-state index in [9.17, 15) is 9.90 Å². The van der Waals surface area contributed by atoms with Crippen molar-refractivity contribution in [2.75, 3.05) is 19.6 Å². The quantitative estimate of drug-likeness (QED) is 0.763. The van der Waals surface area contributed by atoms with Gasteiger partial charge in [-0.15, -0.1) is 12.4 Å². The molecule has 0 radical (unpaired) electrons. The lowest BCUT2D eigenvalue weighted by Crippen LogP contribution is -2.58.